The molecule has 0 spiro atoms. The van der Waals surface area contributed by atoms with Crippen LogP contribution in [0.25, 0.3) is 0 Å². The van der Waals surface area contributed by atoms with Gasteiger partial charge in [0.05, 0.1) is 24.6 Å². The van der Waals surface area contributed by atoms with E-state index in [0.29, 0.717) is 6.54 Å². The van der Waals surface area contributed by atoms with Crippen LogP contribution in [0.2, 0.25) is 0 Å². The summed E-state index contributed by atoms with van der Waals surface area (Å²) in [5.41, 5.74) is 10.4. The van der Waals surface area contributed by atoms with E-state index in [1.807, 2.05) is 24.3 Å². The Morgan fingerprint density at radius 1 is 1.18 bits per heavy atom. The number of hydrogen-bond donors (Lipinski definition) is 1. The second-order valence-corrected chi connectivity index (χ2v) is 5.49. The van der Waals surface area contributed by atoms with E-state index >= 15 is 0 Å². The van der Waals surface area contributed by atoms with E-state index < -0.39 is 0 Å². The van der Waals surface area contributed by atoms with E-state index in [1.54, 1.807) is 7.11 Å². The fourth-order valence-electron chi connectivity index (χ4n) is 2.82. The molecule has 1 atom stereocenters. The smallest absolute Gasteiger partial charge is 0.118 e. The number of anilines is 1. The van der Waals surface area contributed by atoms with Crippen LogP contribution in [0.1, 0.15) is 23.6 Å². The highest BCUT2D eigenvalue weighted by atomic mass is 16.5. The lowest BCUT2D eigenvalue weighted by atomic mass is 10.0. The van der Waals surface area contributed by atoms with Crippen LogP contribution in [-0.2, 0) is 0 Å². The Kier molecular flexibility index (Phi) is 4.11. The average molecular weight is 295 g/mol. The molecule has 114 valence electrons. The lowest BCUT2D eigenvalue weighted by molar-refractivity contribution is 0.414. The third-order valence-corrected chi connectivity index (χ3v) is 4.07. The quantitative estimate of drug-likeness (QED) is 0.942. The first kappa shape index (κ1) is 14.6. The highest BCUT2D eigenvalue weighted by Crippen LogP contribution is 2.36. The molecule has 1 heterocycles. The van der Waals surface area contributed by atoms with E-state index in [-0.39, 0.29) is 6.04 Å². The molecule has 0 bridgehead atoms. The van der Waals surface area contributed by atoms with E-state index in [4.69, 9.17) is 15.6 Å². The molecule has 4 nitrogen and oxygen atoms in total. The van der Waals surface area contributed by atoms with Gasteiger partial charge in [0, 0.05) is 13.0 Å². The Balaban J connectivity index is 1.97. The number of para-hydroxylation sites is 1. The second-order valence-electron chi connectivity index (χ2n) is 5.49. The van der Waals surface area contributed by atoms with Gasteiger partial charge in [0.25, 0.3) is 0 Å². The van der Waals surface area contributed by atoms with Crippen molar-refractivity contribution >= 4 is 11.4 Å². The van der Waals surface area contributed by atoms with Crippen molar-refractivity contribution in [1.29, 1.82) is 0 Å². The maximum Gasteiger partial charge on any atom is 0.118 e. The number of hydrogen-bond acceptors (Lipinski definition) is 4. The summed E-state index contributed by atoms with van der Waals surface area (Å²) in [5.74, 6) is 0.865. The van der Waals surface area contributed by atoms with Crippen LogP contribution in [0.5, 0.6) is 5.75 Å². The van der Waals surface area contributed by atoms with E-state index in [1.165, 1.54) is 11.1 Å². The third-order valence-electron chi connectivity index (χ3n) is 4.07. The maximum absolute atomic E-state index is 5.82. The summed E-state index contributed by atoms with van der Waals surface area (Å²) >= 11 is 0. The molecule has 0 fully saturated rings. The summed E-state index contributed by atoms with van der Waals surface area (Å²) in [4.78, 5) is 0. The molecule has 0 radical (unpaired) electrons. The summed E-state index contributed by atoms with van der Waals surface area (Å²) in [6.45, 7) is 2.60. The van der Waals surface area contributed by atoms with Gasteiger partial charge in [0.2, 0.25) is 0 Å². The Labute approximate surface area is 131 Å². The molecule has 0 aliphatic carbocycles. The first-order valence-electron chi connectivity index (χ1n) is 7.48. The Morgan fingerprint density at radius 2 is 1.91 bits per heavy atom. The van der Waals surface area contributed by atoms with Gasteiger partial charge in [-0.2, -0.15) is 5.10 Å². The molecule has 2 aromatic rings. The fraction of sp³-hybridized carbons (Fsp3) is 0.278. The van der Waals surface area contributed by atoms with Crippen LogP contribution in [0, 0.1) is 6.92 Å². The number of nitrogens with two attached hydrogens (primary N) is 1. The molecule has 1 unspecified atom stereocenters. The van der Waals surface area contributed by atoms with Gasteiger partial charge in [-0.1, -0.05) is 30.3 Å². The zero-order valence-corrected chi connectivity index (χ0v) is 13.0. The zero-order chi connectivity index (χ0) is 15.5. The van der Waals surface area contributed by atoms with Gasteiger partial charge < -0.3 is 10.5 Å². The molecular weight excluding hydrogens is 274 g/mol. The third kappa shape index (κ3) is 2.70. The summed E-state index contributed by atoms with van der Waals surface area (Å²) < 4.78 is 5.24. The molecule has 4 heteroatoms. The molecule has 0 saturated carbocycles. The Morgan fingerprint density at radius 3 is 2.55 bits per heavy atom. The number of ether oxygens (including phenoxy) is 1. The first-order chi connectivity index (χ1) is 10.7. The van der Waals surface area contributed by atoms with Crippen LogP contribution < -0.4 is 15.5 Å². The number of aryl methyl sites for hydroxylation is 1. The van der Waals surface area contributed by atoms with Crippen molar-refractivity contribution in [2.75, 3.05) is 18.7 Å². The maximum atomic E-state index is 5.82. The van der Waals surface area contributed by atoms with Crippen molar-refractivity contribution in [3.05, 3.63) is 59.7 Å². The van der Waals surface area contributed by atoms with Gasteiger partial charge in [-0.05, 0) is 36.2 Å². The summed E-state index contributed by atoms with van der Waals surface area (Å²) in [6.07, 6.45) is 0.858. The zero-order valence-electron chi connectivity index (χ0n) is 13.0. The number of nitrogens with zero attached hydrogens (tertiary/aromatic N) is 2. The van der Waals surface area contributed by atoms with Crippen molar-refractivity contribution in [2.45, 2.75) is 19.4 Å². The molecule has 2 N–H and O–H groups in total. The molecule has 0 aromatic heterocycles. The molecule has 0 amide bonds. The van der Waals surface area contributed by atoms with Crippen molar-refractivity contribution in [3.8, 4) is 5.75 Å². The highest BCUT2D eigenvalue weighted by Gasteiger charge is 2.29. The monoisotopic (exact) mass is 295 g/mol. The summed E-state index contributed by atoms with van der Waals surface area (Å²) in [7, 11) is 1.68. The van der Waals surface area contributed by atoms with Gasteiger partial charge in [0.15, 0.2) is 0 Å². The number of benzene rings is 2. The lowest BCUT2D eigenvalue weighted by Gasteiger charge is -2.25. The largest absolute Gasteiger partial charge is 0.497 e. The van der Waals surface area contributed by atoms with Gasteiger partial charge in [0.1, 0.15) is 5.75 Å². The van der Waals surface area contributed by atoms with Crippen molar-refractivity contribution in [2.24, 2.45) is 10.8 Å². The minimum Gasteiger partial charge on any atom is -0.497 e. The number of rotatable bonds is 4. The van der Waals surface area contributed by atoms with Gasteiger partial charge in [-0.25, -0.2) is 0 Å². The Hall–Kier alpha value is -2.33. The van der Waals surface area contributed by atoms with Crippen LogP contribution in [-0.4, -0.2) is 19.4 Å². The van der Waals surface area contributed by atoms with E-state index in [9.17, 15) is 0 Å². The van der Waals surface area contributed by atoms with Gasteiger partial charge in [-0.3, -0.25) is 5.01 Å². The van der Waals surface area contributed by atoms with Crippen LogP contribution in [0.3, 0.4) is 0 Å². The molecule has 2 aromatic carbocycles. The predicted octanol–water partition coefficient (Wildman–Crippen LogP) is 3.27. The normalized spacial score (nSPS) is 17.5. The van der Waals surface area contributed by atoms with Gasteiger partial charge in [-0.15, -0.1) is 0 Å². The van der Waals surface area contributed by atoms with Gasteiger partial charge >= 0.3 is 0 Å². The fourth-order valence-corrected chi connectivity index (χ4v) is 2.82. The number of methoxy groups -OCH3 is 1. The van der Waals surface area contributed by atoms with E-state index in [0.717, 1.165) is 23.6 Å². The Bertz CT molecular complexity index is 679. The van der Waals surface area contributed by atoms with Crippen LogP contribution >= 0.6 is 0 Å². The average Bonchev–Trinajstić information content (AvgIpc) is 2.99. The summed E-state index contributed by atoms with van der Waals surface area (Å²) in [5, 5.41) is 6.83. The topological polar surface area (TPSA) is 50.9 Å². The number of hydrazone groups is 1. The minimum atomic E-state index is 0.186. The first-order valence-corrected chi connectivity index (χ1v) is 7.48. The highest BCUT2D eigenvalue weighted by molar-refractivity contribution is 5.90. The van der Waals surface area contributed by atoms with Crippen LogP contribution in [0.4, 0.5) is 5.69 Å². The van der Waals surface area contributed by atoms with E-state index in [2.05, 4.69) is 36.2 Å². The lowest BCUT2D eigenvalue weighted by Crippen LogP contribution is -2.19. The molecule has 22 heavy (non-hydrogen) atoms. The second kappa shape index (κ2) is 6.20. The molecular formula is C18H21N3O. The van der Waals surface area contributed by atoms with Crippen molar-refractivity contribution in [3.63, 3.8) is 0 Å². The standard InChI is InChI=1S/C18H21N3O/c1-13-5-3-4-6-17(13)21-18(11-15(12-19)20-21)14-7-9-16(22-2)10-8-14/h3-10,18H,11-12,19H2,1-2H3. The van der Waals surface area contributed by atoms with Crippen molar-refractivity contribution in [1.82, 2.24) is 0 Å². The predicted molar refractivity (Wildman–Crippen MR) is 90.5 cm³/mol. The molecule has 0 saturated heterocycles. The van der Waals surface area contributed by atoms with Crippen LogP contribution in [0.15, 0.2) is 53.6 Å². The van der Waals surface area contributed by atoms with Crippen molar-refractivity contribution < 1.29 is 4.74 Å². The summed E-state index contributed by atoms with van der Waals surface area (Å²) in [6, 6.07) is 16.7. The molecule has 1 aliphatic heterocycles. The minimum absolute atomic E-state index is 0.186. The SMILES string of the molecule is COc1ccc(C2CC(CN)=NN2c2ccccc2C)cc1. The molecule has 3 rings (SSSR count). The molecule has 1 aliphatic rings.